The lowest BCUT2D eigenvalue weighted by Crippen LogP contribution is -2.49. The molecule has 3 aliphatic heterocycles. The van der Waals surface area contributed by atoms with Gasteiger partial charge in [0.1, 0.15) is 6.04 Å². The summed E-state index contributed by atoms with van der Waals surface area (Å²) in [4.78, 5) is 43.9. The second kappa shape index (κ2) is 6.93. The fraction of sp³-hybridized carbons (Fsp3) is 0.318. The number of carbonyl (C=O) groups is 3. The van der Waals surface area contributed by atoms with Crippen LogP contribution in [0, 0.1) is 11.8 Å². The Kier molecular flexibility index (Phi) is 4.37. The van der Waals surface area contributed by atoms with E-state index in [0.29, 0.717) is 4.88 Å². The summed E-state index contributed by atoms with van der Waals surface area (Å²) in [6.07, 6.45) is 3.95. The third kappa shape index (κ3) is 2.61. The Hall–Kier alpha value is -2.77. The van der Waals surface area contributed by atoms with Crippen molar-refractivity contribution in [3.8, 4) is 0 Å². The topological polar surface area (TPSA) is 66.9 Å². The Labute approximate surface area is 172 Å². The monoisotopic (exact) mass is 408 g/mol. The number of thiophene rings is 1. The molecule has 0 aliphatic carbocycles. The van der Waals surface area contributed by atoms with Crippen LogP contribution in [0.15, 0.2) is 47.9 Å². The molecule has 148 valence electrons. The van der Waals surface area contributed by atoms with Crippen molar-refractivity contribution in [2.75, 3.05) is 25.2 Å². The maximum Gasteiger partial charge on any atom is 0.235 e. The van der Waals surface area contributed by atoms with E-state index < -0.39 is 17.9 Å². The number of nitrogens with zero attached hydrogens (tertiary/aromatic N) is 2. The number of methoxy groups -OCH3 is 1. The van der Waals surface area contributed by atoms with Crippen molar-refractivity contribution in [1.82, 2.24) is 4.90 Å². The Bertz CT molecular complexity index is 1020. The van der Waals surface area contributed by atoms with Gasteiger partial charge in [-0.1, -0.05) is 36.4 Å². The number of likely N-dealkylation sites (tertiary alicyclic amines) is 1. The fourth-order valence-electron chi connectivity index (χ4n) is 4.84. The zero-order valence-electron chi connectivity index (χ0n) is 15.9. The van der Waals surface area contributed by atoms with E-state index in [1.807, 2.05) is 52.8 Å². The fourth-order valence-corrected chi connectivity index (χ4v) is 5.54. The average molecular weight is 408 g/mol. The first kappa shape index (κ1) is 18.3. The minimum absolute atomic E-state index is 0.0997. The van der Waals surface area contributed by atoms with Crippen molar-refractivity contribution in [3.05, 3.63) is 58.3 Å². The Morgan fingerprint density at radius 1 is 1.10 bits per heavy atom. The van der Waals surface area contributed by atoms with Gasteiger partial charge in [0.25, 0.3) is 0 Å². The molecule has 0 N–H and O–H groups in total. The first-order valence-corrected chi connectivity index (χ1v) is 10.5. The van der Waals surface area contributed by atoms with E-state index in [9.17, 15) is 14.4 Å². The molecule has 2 saturated heterocycles. The van der Waals surface area contributed by atoms with Gasteiger partial charge in [-0.15, -0.1) is 11.3 Å². The summed E-state index contributed by atoms with van der Waals surface area (Å²) in [5, 5.41) is 1.85. The number of fused-ring (bicyclic) bond motifs is 5. The molecule has 29 heavy (non-hydrogen) atoms. The standard InChI is InChI=1S/C22H20N2O4S/c1-28-11-10-23-21(26)17-15-9-8-13-5-2-3-6-14(13)24(15)19(18(17)22(23)27)20(25)16-7-4-12-29-16/h2-9,12,15,17-19H,10-11H2,1H3. The molecule has 1 aromatic heterocycles. The number of amides is 2. The van der Waals surface area contributed by atoms with Gasteiger partial charge in [0.15, 0.2) is 5.78 Å². The number of Topliss-reactive ketones (excluding diaryl/α,β-unsaturated/α-hetero) is 1. The first-order chi connectivity index (χ1) is 14.1. The van der Waals surface area contributed by atoms with Crippen LogP contribution in [0.5, 0.6) is 0 Å². The zero-order chi connectivity index (χ0) is 20.1. The van der Waals surface area contributed by atoms with Crippen LogP contribution in [-0.4, -0.2) is 54.8 Å². The van der Waals surface area contributed by atoms with Crippen LogP contribution in [0.1, 0.15) is 15.2 Å². The lowest BCUT2D eigenvalue weighted by molar-refractivity contribution is -0.141. The van der Waals surface area contributed by atoms with Crippen LogP contribution < -0.4 is 4.90 Å². The number of carbonyl (C=O) groups excluding carboxylic acids is 3. The highest BCUT2D eigenvalue weighted by Crippen LogP contribution is 2.49. The van der Waals surface area contributed by atoms with Crippen LogP contribution in [-0.2, 0) is 14.3 Å². The molecule has 6 nitrogen and oxygen atoms in total. The smallest absolute Gasteiger partial charge is 0.235 e. The number of benzene rings is 1. The Balaban J connectivity index is 1.62. The van der Waals surface area contributed by atoms with Crippen molar-refractivity contribution >= 4 is 40.7 Å². The highest BCUT2D eigenvalue weighted by Gasteiger charge is 2.63. The first-order valence-electron chi connectivity index (χ1n) is 9.61. The molecule has 0 radical (unpaired) electrons. The van der Waals surface area contributed by atoms with E-state index >= 15 is 0 Å². The molecule has 0 saturated carbocycles. The van der Waals surface area contributed by atoms with Crippen LogP contribution in [0.4, 0.5) is 5.69 Å². The summed E-state index contributed by atoms with van der Waals surface area (Å²) in [5.74, 6) is -1.82. The number of hydrogen-bond acceptors (Lipinski definition) is 6. The Morgan fingerprint density at radius 3 is 2.66 bits per heavy atom. The van der Waals surface area contributed by atoms with Crippen molar-refractivity contribution in [1.29, 1.82) is 0 Å². The van der Waals surface area contributed by atoms with Crippen molar-refractivity contribution in [2.24, 2.45) is 11.8 Å². The second-order valence-corrected chi connectivity index (χ2v) is 8.42. The lowest BCUT2D eigenvalue weighted by atomic mass is 9.87. The maximum absolute atomic E-state index is 13.5. The van der Waals surface area contributed by atoms with Crippen LogP contribution in [0.2, 0.25) is 0 Å². The molecule has 0 bridgehead atoms. The molecule has 5 rings (SSSR count). The lowest BCUT2D eigenvalue weighted by Gasteiger charge is -2.36. The summed E-state index contributed by atoms with van der Waals surface area (Å²) in [7, 11) is 1.54. The molecular weight excluding hydrogens is 388 g/mol. The molecule has 2 fully saturated rings. The summed E-state index contributed by atoms with van der Waals surface area (Å²) in [6, 6.07) is 10.4. The molecule has 4 unspecified atom stereocenters. The number of ether oxygens (including phenoxy) is 1. The number of para-hydroxylation sites is 1. The van der Waals surface area contributed by atoms with Crippen LogP contribution >= 0.6 is 11.3 Å². The van der Waals surface area contributed by atoms with E-state index in [2.05, 4.69) is 0 Å². The molecule has 1 aromatic carbocycles. The molecule has 0 spiro atoms. The summed E-state index contributed by atoms with van der Waals surface area (Å²) < 4.78 is 5.07. The SMILES string of the molecule is COCCN1C(=O)C2C(C1=O)C(C(=O)c1cccs1)N1c3ccccc3C=CC21. The van der Waals surface area contributed by atoms with Gasteiger partial charge < -0.3 is 9.64 Å². The highest BCUT2D eigenvalue weighted by molar-refractivity contribution is 7.12. The predicted octanol–water partition coefficient (Wildman–Crippen LogP) is 2.46. The molecule has 3 aliphatic rings. The van der Waals surface area contributed by atoms with E-state index in [0.717, 1.165) is 11.3 Å². The van der Waals surface area contributed by atoms with Crippen molar-refractivity contribution in [2.45, 2.75) is 12.1 Å². The zero-order valence-corrected chi connectivity index (χ0v) is 16.7. The average Bonchev–Trinajstić information content (AvgIpc) is 3.44. The number of anilines is 1. The third-order valence-electron chi connectivity index (χ3n) is 6.06. The van der Waals surface area contributed by atoms with Gasteiger partial charge in [-0.25, -0.2) is 0 Å². The highest BCUT2D eigenvalue weighted by atomic mass is 32.1. The molecule has 4 atom stereocenters. The molecule has 2 amide bonds. The van der Waals surface area contributed by atoms with Gasteiger partial charge in [-0.05, 0) is 23.1 Å². The van der Waals surface area contributed by atoms with Gasteiger partial charge >= 0.3 is 0 Å². The minimum Gasteiger partial charge on any atom is -0.383 e. The normalized spacial score (nSPS) is 27.2. The maximum atomic E-state index is 13.5. The minimum atomic E-state index is -0.696. The summed E-state index contributed by atoms with van der Waals surface area (Å²) in [5.41, 5.74) is 1.89. The molecular formula is C22H20N2O4S. The van der Waals surface area contributed by atoms with Crippen LogP contribution in [0.3, 0.4) is 0 Å². The van der Waals surface area contributed by atoms with E-state index in [-0.39, 0.29) is 36.8 Å². The van der Waals surface area contributed by atoms with Crippen molar-refractivity contribution in [3.63, 3.8) is 0 Å². The number of imide groups is 1. The largest absolute Gasteiger partial charge is 0.383 e. The van der Waals surface area contributed by atoms with Gasteiger partial charge in [-0.2, -0.15) is 0 Å². The molecule has 2 aromatic rings. The molecule has 7 heteroatoms. The van der Waals surface area contributed by atoms with E-state index in [1.165, 1.54) is 23.3 Å². The Morgan fingerprint density at radius 2 is 1.90 bits per heavy atom. The van der Waals surface area contributed by atoms with Gasteiger partial charge in [-0.3, -0.25) is 19.3 Å². The number of rotatable bonds is 5. The van der Waals surface area contributed by atoms with E-state index in [1.54, 1.807) is 6.07 Å². The molecule has 4 heterocycles. The van der Waals surface area contributed by atoms with Gasteiger partial charge in [0.05, 0.1) is 35.9 Å². The van der Waals surface area contributed by atoms with Gasteiger partial charge in [0, 0.05) is 12.8 Å². The summed E-state index contributed by atoms with van der Waals surface area (Å²) >= 11 is 1.37. The van der Waals surface area contributed by atoms with Gasteiger partial charge in [0.2, 0.25) is 11.8 Å². The summed E-state index contributed by atoms with van der Waals surface area (Å²) in [6.45, 7) is 0.502. The van der Waals surface area contributed by atoms with Crippen molar-refractivity contribution < 1.29 is 19.1 Å². The quantitative estimate of drug-likeness (QED) is 0.562. The van der Waals surface area contributed by atoms with E-state index in [4.69, 9.17) is 4.74 Å². The predicted molar refractivity (Wildman–Crippen MR) is 110 cm³/mol. The number of ketones is 1. The van der Waals surface area contributed by atoms with Crippen LogP contribution in [0.25, 0.3) is 6.08 Å². The second-order valence-electron chi connectivity index (χ2n) is 7.47. The number of hydrogen-bond donors (Lipinski definition) is 0. The third-order valence-corrected chi connectivity index (χ3v) is 6.94.